The van der Waals surface area contributed by atoms with Gasteiger partial charge < -0.3 is 28.0 Å². The number of nitrogens with one attached hydrogen (secondary N) is 2. The highest BCUT2D eigenvalue weighted by atomic mass is 16.3. The van der Waals surface area contributed by atoms with Crippen LogP contribution in [0.25, 0.3) is 0 Å². The smallest absolute Gasteiger partial charge is 0.113 e. The average molecular weight is 306 g/mol. The molecular weight excluding hydrogens is 280 g/mol. The van der Waals surface area contributed by atoms with Crippen LogP contribution in [0.15, 0.2) is 30.3 Å². The lowest BCUT2D eigenvalue weighted by atomic mass is 9.74. The van der Waals surface area contributed by atoms with E-state index in [9.17, 15) is 5.11 Å². The first-order valence-corrected chi connectivity index (χ1v) is 7.01. The lowest BCUT2D eigenvalue weighted by Crippen LogP contribution is -2.60. The van der Waals surface area contributed by atoms with Crippen LogP contribution >= 0.6 is 0 Å². The molecule has 1 rings (SSSR count). The van der Waals surface area contributed by atoms with Gasteiger partial charge in [-0.25, -0.2) is 0 Å². The third-order valence-electron chi connectivity index (χ3n) is 4.24. The van der Waals surface area contributed by atoms with Crippen molar-refractivity contribution >= 4 is 11.7 Å². The van der Waals surface area contributed by atoms with Gasteiger partial charge in [0.05, 0.1) is 17.2 Å². The predicted molar refractivity (Wildman–Crippen MR) is 88.8 cm³/mol. The van der Waals surface area contributed by atoms with Crippen molar-refractivity contribution in [2.75, 3.05) is 0 Å². The Kier molecular flexibility index (Phi) is 5.29. The van der Waals surface area contributed by atoms with Gasteiger partial charge >= 0.3 is 0 Å². The Morgan fingerprint density at radius 1 is 1.05 bits per heavy atom. The van der Waals surface area contributed by atoms with Crippen LogP contribution in [0, 0.1) is 10.8 Å². The van der Waals surface area contributed by atoms with E-state index in [2.05, 4.69) is 0 Å². The van der Waals surface area contributed by atoms with Crippen LogP contribution in [0.1, 0.15) is 31.7 Å². The maximum Gasteiger partial charge on any atom is 0.113 e. The van der Waals surface area contributed by atoms with Gasteiger partial charge in [-0.1, -0.05) is 30.3 Å². The number of amidine groups is 2. The summed E-state index contributed by atoms with van der Waals surface area (Å²) in [4.78, 5) is 0. The molecule has 0 heterocycles. The summed E-state index contributed by atoms with van der Waals surface area (Å²) in [5, 5.41) is 25.7. The zero-order valence-corrected chi connectivity index (χ0v) is 13.0. The molecule has 0 bridgehead atoms. The SMILES string of the molecule is CC(N)(C(=N)N)C(O)CC(c1ccccc1)C(C)(N)C(=N)N. The van der Waals surface area contributed by atoms with E-state index in [1.807, 2.05) is 30.3 Å². The first kappa shape index (κ1) is 18.1. The van der Waals surface area contributed by atoms with Crippen LogP contribution < -0.4 is 22.9 Å². The molecule has 0 fully saturated rings. The van der Waals surface area contributed by atoms with Gasteiger partial charge in [0.1, 0.15) is 11.7 Å². The van der Waals surface area contributed by atoms with Crippen molar-refractivity contribution in [3.63, 3.8) is 0 Å². The predicted octanol–water partition coefficient (Wildman–Crippen LogP) is -0.172. The molecule has 0 aliphatic carbocycles. The van der Waals surface area contributed by atoms with Crippen molar-refractivity contribution in [3.05, 3.63) is 35.9 Å². The Hall–Kier alpha value is -1.96. The molecule has 1 aromatic rings. The molecule has 0 saturated carbocycles. The number of hydrogen-bond donors (Lipinski definition) is 7. The molecule has 7 nitrogen and oxygen atoms in total. The molecule has 22 heavy (non-hydrogen) atoms. The fraction of sp³-hybridized carbons (Fsp3) is 0.467. The molecule has 0 aromatic heterocycles. The van der Waals surface area contributed by atoms with E-state index in [0.717, 1.165) is 5.56 Å². The molecule has 7 heteroatoms. The first-order valence-electron chi connectivity index (χ1n) is 7.01. The van der Waals surface area contributed by atoms with Gasteiger partial charge in [-0.3, -0.25) is 10.8 Å². The van der Waals surface area contributed by atoms with Crippen molar-refractivity contribution in [2.24, 2.45) is 22.9 Å². The molecule has 0 aliphatic heterocycles. The van der Waals surface area contributed by atoms with Crippen LogP contribution in [0.4, 0.5) is 0 Å². The molecule has 1 aromatic carbocycles. The standard InChI is InChI=1S/C15H26N6O/c1-14(20,12(16)17)10(9-6-4-3-5-7-9)8-11(22)15(2,21)13(18)19/h3-7,10-11,22H,8,20-21H2,1-2H3,(H3,16,17)(H3,18,19). The summed E-state index contributed by atoms with van der Waals surface area (Å²) >= 11 is 0. The van der Waals surface area contributed by atoms with Crippen molar-refractivity contribution in [2.45, 2.75) is 43.4 Å². The van der Waals surface area contributed by atoms with Crippen molar-refractivity contribution in [1.82, 2.24) is 0 Å². The maximum atomic E-state index is 10.4. The fourth-order valence-electron chi connectivity index (χ4n) is 2.25. The summed E-state index contributed by atoms with van der Waals surface area (Å²) in [7, 11) is 0. The highest BCUT2D eigenvalue weighted by Crippen LogP contribution is 2.33. The Balaban J connectivity index is 3.19. The van der Waals surface area contributed by atoms with Gasteiger partial charge in [-0.05, 0) is 25.8 Å². The summed E-state index contributed by atoms with van der Waals surface area (Å²) in [6.07, 6.45) is -0.971. The van der Waals surface area contributed by atoms with E-state index in [-0.39, 0.29) is 18.1 Å². The van der Waals surface area contributed by atoms with Gasteiger partial charge in [-0.2, -0.15) is 0 Å². The minimum atomic E-state index is -1.38. The molecule has 4 unspecified atom stereocenters. The van der Waals surface area contributed by atoms with Crippen LogP contribution in [-0.4, -0.2) is 34.0 Å². The zero-order chi connectivity index (χ0) is 17.1. The molecular formula is C15H26N6O. The summed E-state index contributed by atoms with van der Waals surface area (Å²) in [5.41, 5.74) is 21.5. The van der Waals surface area contributed by atoms with E-state index in [4.69, 9.17) is 33.8 Å². The van der Waals surface area contributed by atoms with Gasteiger partial charge in [0.15, 0.2) is 0 Å². The molecule has 0 aliphatic rings. The molecule has 0 spiro atoms. The largest absolute Gasteiger partial charge is 0.391 e. The summed E-state index contributed by atoms with van der Waals surface area (Å²) in [6, 6.07) is 9.26. The molecule has 11 N–H and O–H groups in total. The third kappa shape index (κ3) is 3.62. The van der Waals surface area contributed by atoms with Gasteiger partial charge in [0, 0.05) is 5.92 Å². The second-order valence-electron chi connectivity index (χ2n) is 6.11. The minimum Gasteiger partial charge on any atom is -0.391 e. The van der Waals surface area contributed by atoms with E-state index < -0.39 is 23.1 Å². The highest BCUT2D eigenvalue weighted by molar-refractivity contribution is 5.88. The Labute approximate surface area is 130 Å². The number of benzene rings is 1. The molecule has 0 radical (unpaired) electrons. The lowest BCUT2D eigenvalue weighted by molar-refractivity contribution is 0.103. The Bertz CT molecular complexity index is 540. The topological polar surface area (TPSA) is 172 Å². The van der Waals surface area contributed by atoms with Gasteiger partial charge in [0.2, 0.25) is 0 Å². The van der Waals surface area contributed by atoms with E-state index in [1.165, 1.54) is 6.92 Å². The zero-order valence-electron chi connectivity index (χ0n) is 13.0. The summed E-state index contributed by atoms with van der Waals surface area (Å²) < 4.78 is 0. The number of rotatable bonds is 7. The molecule has 122 valence electrons. The average Bonchev–Trinajstić information content (AvgIpc) is 2.44. The van der Waals surface area contributed by atoms with Crippen LogP contribution in [0.5, 0.6) is 0 Å². The van der Waals surface area contributed by atoms with Crippen molar-refractivity contribution < 1.29 is 5.11 Å². The monoisotopic (exact) mass is 306 g/mol. The second-order valence-corrected chi connectivity index (χ2v) is 6.11. The normalized spacial score (nSPS) is 19.5. The van der Waals surface area contributed by atoms with E-state index in [0.29, 0.717) is 0 Å². The second kappa shape index (κ2) is 6.43. The van der Waals surface area contributed by atoms with Crippen LogP contribution in [-0.2, 0) is 0 Å². The molecule has 4 atom stereocenters. The summed E-state index contributed by atoms with van der Waals surface area (Å²) in [6.45, 7) is 3.13. The number of aliphatic hydroxyl groups excluding tert-OH is 1. The quantitative estimate of drug-likeness (QED) is 0.273. The van der Waals surface area contributed by atoms with Gasteiger partial charge in [0.25, 0.3) is 0 Å². The number of aliphatic hydroxyl groups is 1. The molecule has 0 amide bonds. The van der Waals surface area contributed by atoms with E-state index >= 15 is 0 Å². The van der Waals surface area contributed by atoms with Crippen molar-refractivity contribution in [3.8, 4) is 0 Å². The Morgan fingerprint density at radius 3 is 1.91 bits per heavy atom. The maximum absolute atomic E-state index is 10.4. The van der Waals surface area contributed by atoms with Crippen LogP contribution in [0.3, 0.4) is 0 Å². The number of hydrogen-bond acceptors (Lipinski definition) is 5. The summed E-state index contributed by atoms with van der Waals surface area (Å²) in [5.74, 6) is -0.938. The van der Waals surface area contributed by atoms with Gasteiger partial charge in [-0.15, -0.1) is 0 Å². The minimum absolute atomic E-state index is 0.128. The van der Waals surface area contributed by atoms with Crippen molar-refractivity contribution in [1.29, 1.82) is 10.8 Å². The van der Waals surface area contributed by atoms with Crippen LogP contribution in [0.2, 0.25) is 0 Å². The third-order valence-corrected chi connectivity index (χ3v) is 4.24. The molecule has 0 saturated heterocycles. The number of nitrogens with two attached hydrogens (primary N) is 4. The first-order chi connectivity index (χ1) is 10.0. The Morgan fingerprint density at radius 2 is 1.50 bits per heavy atom. The lowest BCUT2D eigenvalue weighted by Gasteiger charge is -2.38. The highest BCUT2D eigenvalue weighted by Gasteiger charge is 2.40. The van der Waals surface area contributed by atoms with E-state index in [1.54, 1.807) is 6.92 Å². The fourth-order valence-corrected chi connectivity index (χ4v) is 2.25.